The van der Waals surface area contributed by atoms with Crippen LogP contribution < -0.4 is 4.74 Å². The van der Waals surface area contributed by atoms with E-state index in [1.165, 1.54) is 5.56 Å². The van der Waals surface area contributed by atoms with E-state index in [9.17, 15) is 0 Å². The van der Waals surface area contributed by atoms with Crippen molar-refractivity contribution < 1.29 is 4.74 Å². The zero-order valence-electron chi connectivity index (χ0n) is 11.6. The van der Waals surface area contributed by atoms with Crippen molar-refractivity contribution in [1.82, 2.24) is 15.0 Å². The third kappa shape index (κ3) is 2.23. The van der Waals surface area contributed by atoms with Gasteiger partial charge in [-0.15, -0.1) is 5.10 Å². The number of nitrogens with zero attached hydrogens (tertiary/aromatic N) is 3. The number of aromatic nitrogens is 3. The molecule has 0 bridgehead atoms. The summed E-state index contributed by atoms with van der Waals surface area (Å²) in [6.07, 6.45) is 3.49. The first-order chi connectivity index (χ1) is 8.43. The molecule has 4 nitrogen and oxygen atoms in total. The average Bonchev–Trinajstić information content (AvgIpc) is 2.79. The molecule has 0 fully saturated rings. The number of methoxy groups -OCH3 is 1. The normalized spacial score (nSPS) is 11.6. The summed E-state index contributed by atoms with van der Waals surface area (Å²) < 4.78 is 7.22. The number of rotatable bonds is 2. The van der Waals surface area contributed by atoms with E-state index in [0.717, 1.165) is 17.0 Å². The van der Waals surface area contributed by atoms with Crippen LogP contribution >= 0.6 is 0 Å². The Balaban J connectivity index is 2.66. The zero-order valence-corrected chi connectivity index (χ0v) is 11.6. The highest BCUT2D eigenvalue weighted by Crippen LogP contribution is 2.33. The van der Waals surface area contributed by atoms with Gasteiger partial charge in [-0.25, -0.2) is 4.68 Å². The SMILES string of the molecule is COc1c(C)cc(C(C)(C)C)cc1-n1ccnn1. The molecule has 0 spiro atoms. The molecule has 1 aromatic carbocycles. The number of aryl methyl sites for hydroxylation is 1. The number of benzene rings is 1. The topological polar surface area (TPSA) is 39.9 Å². The van der Waals surface area contributed by atoms with Crippen molar-refractivity contribution in [2.75, 3.05) is 7.11 Å². The van der Waals surface area contributed by atoms with Crippen molar-refractivity contribution >= 4 is 0 Å². The van der Waals surface area contributed by atoms with Gasteiger partial charge in [-0.05, 0) is 29.5 Å². The minimum Gasteiger partial charge on any atom is -0.494 e. The van der Waals surface area contributed by atoms with E-state index in [-0.39, 0.29) is 5.41 Å². The fraction of sp³-hybridized carbons (Fsp3) is 0.429. The maximum absolute atomic E-state index is 5.48. The van der Waals surface area contributed by atoms with E-state index in [2.05, 4.69) is 50.1 Å². The van der Waals surface area contributed by atoms with E-state index in [0.29, 0.717) is 0 Å². The maximum atomic E-state index is 5.48. The first kappa shape index (κ1) is 12.6. The van der Waals surface area contributed by atoms with Crippen LogP contribution in [0.3, 0.4) is 0 Å². The van der Waals surface area contributed by atoms with Crippen LogP contribution in [-0.2, 0) is 5.41 Å². The molecule has 96 valence electrons. The van der Waals surface area contributed by atoms with Crippen LogP contribution in [0.4, 0.5) is 0 Å². The van der Waals surface area contributed by atoms with Crippen molar-refractivity contribution in [2.45, 2.75) is 33.1 Å². The number of ether oxygens (including phenoxy) is 1. The second-order valence-electron chi connectivity index (χ2n) is 5.44. The lowest BCUT2D eigenvalue weighted by molar-refractivity contribution is 0.407. The zero-order chi connectivity index (χ0) is 13.3. The lowest BCUT2D eigenvalue weighted by Crippen LogP contribution is -2.13. The molecule has 0 aliphatic heterocycles. The van der Waals surface area contributed by atoms with E-state index >= 15 is 0 Å². The minimum absolute atomic E-state index is 0.0896. The summed E-state index contributed by atoms with van der Waals surface area (Å²) in [5.74, 6) is 0.841. The molecule has 2 rings (SSSR count). The summed E-state index contributed by atoms with van der Waals surface area (Å²) in [6, 6.07) is 4.28. The van der Waals surface area contributed by atoms with Gasteiger partial charge in [-0.3, -0.25) is 0 Å². The van der Waals surface area contributed by atoms with Crippen LogP contribution in [0.1, 0.15) is 31.9 Å². The van der Waals surface area contributed by atoms with Gasteiger partial charge in [0.2, 0.25) is 0 Å². The Bertz CT molecular complexity index is 539. The first-order valence-corrected chi connectivity index (χ1v) is 5.99. The molecule has 1 heterocycles. The second-order valence-corrected chi connectivity index (χ2v) is 5.44. The quantitative estimate of drug-likeness (QED) is 0.816. The molecule has 4 heteroatoms. The lowest BCUT2D eigenvalue weighted by Gasteiger charge is -2.22. The van der Waals surface area contributed by atoms with Crippen molar-refractivity contribution in [3.8, 4) is 11.4 Å². The van der Waals surface area contributed by atoms with Gasteiger partial charge < -0.3 is 4.74 Å². The molecule has 0 aliphatic rings. The van der Waals surface area contributed by atoms with Crippen molar-refractivity contribution in [1.29, 1.82) is 0 Å². The van der Waals surface area contributed by atoms with Gasteiger partial charge in [0.15, 0.2) is 0 Å². The molecular formula is C14H19N3O. The fourth-order valence-corrected chi connectivity index (χ4v) is 1.96. The fourth-order valence-electron chi connectivity index (χ4n) is 1.96. The number of hydrogen-bond acceptors (Lipinski definition) is 3. The Morgan fingerprint density at radius 2 is 1.94 bits per heavy atom. The monoisotopic (exact) mass is 245 g/mol. The summed E-state index contributed by atoms with van der Waals surface area (Å²) in [7, 11) is 1.68. The van der Waals surface area contributed by atoms with Crippen LogP contribution in [0.15, 0.2) is 24.5 Å². The van der Waals surface area contributed by atoms with Crippen LogP contribution in [0.5, 0.6) is 5.75 Å². The summed E-state index contributed by atoms with van der Waals surface area (Å²) in [5, 5.41) is 7.90. The minimum atomic E-state index is 0.0896. The largest absolute Gasteiger partial charge is 0.494 e. The Morgan fingerprint density at radius 3 is 2.44 bits per heavy atom. The molecule has 18 heavy (non-hydrogen) atoms. The summed E-state index contributed by atoms with van der Waals surface area (Å²) in [5.41, 5.74) is 3.38. The van der Waals surface area contributed by atoms with Crippen molar-refractivity contribution in [3.63, 3.8) is 0 Å². The molecule has 1 aromatic heterocycles. The molecule has 0 saturated heterocycles. The molecule has 0 atom stereocenters. The standard InChI is InChI=1S/C14H19N3O/c1-10-8-11(14(2,3)4)9-12(13(10)18-5)17-7-6-15-16-17/h6-9H,1-5H3. The van der Waals surface area contributed by atoms with E-state index in [4.69, 9.17) is 4.74 Å². The van der Waals surface area contributed by atoms with Gasteiger partial charge in [-0.1, -0.05) is 32.1 Å². The predicted octanol–water partition coefficient (Wildman–Crippen LogP) is 2.88. The summed E-state index contributed by atoms with van der Waals surface area (Å²) in [6.45, 7) is 8.63. The van der Waals surface area contributed by atoms with Crippen LogP contribution in [0, 0.1) is 6.92 Å². The molecule has 0 amide bonds. The van der Waals surface area contributed by atoms with E-state index in [1.807, 2.05) is 6.20 Å². The Kier molecular flexibility index (Phi) is 3.11. The van der Waals surface area contributed by atoms with E-state index < -0.39 is 0 Å². The van der Waals surface area contributed by atoms with Gasteiger partial charge in [0.1, 0.15) is 11.4 Å². The Hall–Kier alpha value is -1.84. The predicted molar refractivity (Wildman–Crippen MR) is 71.3 cm³/mol. The average molecular weight is 245 g/mol. The maximum Gasteiger partial charge on any atom is 0.147 e. The lowest BCUT2D eigenvalue weighted by atomic mass is 9.85. The molecule has 2 aromatic rings. The highest BCUT2D eigenvalue weighted by atomic mass is 16.5. The molecule has 0 saturated carbocycles. The van der Waals surface area contributed by atoms with Gasteiger partial charge in [0, 0.05) is 0 Å². The van der Waals surface area contributed by atoms with Crippen LogP contribution in [0.2, 0.25) is 0 Å². The molecule has 0 aliphatic carbocycles. The Labute approximate surface area is 108 Å². The van der Waals surface area contributed by atoms with Crippen LogP contribution in [0.25, 0.3) is 5.69 Å². The van der Waals surface area contributed by atoms with Gasteiger partial charge in [0.25, 0.3) is 0 Å². The second kappa shape index (κ2) is 4.44. The van der Waals surface area contributed by atoms with Crippen molar-refractivity contribution in [2.24, 2.45) is 0 Å². The van der Waals surface area contributed by atoms with Gasteiger partial charge >= 0.3 is 0 Å². The Morgan fingerprint density at radius 1 is 1.22 bits per heavy atom. The van der Waals surface area contributed by atoms with E-state index in [1.54, 1.807) is 18.0 Å². The first-order valence-electron chi connectivity index (χ1n) is 5.99. The highest BCUT2D eigenvalue weighted by molar-refractivity contribution is 5.54. The molecule has 0 unspecified atom stereocenters. The van der Waals surface area contributed by atoms with Crippen LogP contribution in [-0.4, -0.2) is 22.1 Å². The van der Waals surface area contributed by atoms with Gasteiger partial charge in [0.05, 0.1) is 19.5 Å². The van der Waals surface area contributed by atoms with Crippen molar-refractivity contribution in [3.05, 3.63) is 35.7 Å². The molecule has 0 radical (unpaired) electrons. The number of hydrogen-bond donors (Lipinski definition) is 0. The molecular weight excluding hydrogens is 226 g/mol. The van der Waals surface area contributed by atoms with Gasteiger partial charge in [-0.2, -0.15) is 0 Å². The smallest absolute Gasteiger partial charge is 0.147 e. The third-order valence-electron chi connectivity index (χ3n) is 2.99. The highest BCUT2D eigenvalue weighted by Gasteiger charge is 2.19. The molecule has 0 N–H and O–H groups in total. The summed E-state index contributed by atoms with van der Waals surface area (Å²) >= 11 is 0. The third-order valence-corrected chi connectivity index (χ3v) is 2.99. The summed E-state index contributed by atoms with van der Waals surface area (Å²) in [4.78, 5) is 0.